The first-order valence-corrected chi connectivity index (χ1v) is 4.81. The summed E-state index contributed by atoms with van der Waals surface area (Å²) in [6, 6.07) is 10.2. The van der Waals surface area contributed by atoms with Crippen molar-refractivity contribution in [1.82, 2.24) is 0 Å². The highest BCUT2D eigenvalue weighted by molar-refractivity contribution is 5.22. The third kappa shape index (κ3) is 2.22. The molecule has 0 saturated carbocycles. The van der Waals surface area contributed by atoms with E-state index in [0.29, 0.717) is 13.2 Å². The summed E-state index contributed by atoms with van der Waals surface area (Å²) in [5.41, 5.74) is 1.24. The Morgan fingerprint density at radius 3 is 2.86 bits per heavy atom. The smallest absolute Gasteiger partial charge is 0.112 e. The van der Waals surface area contributed by atoms with Crippen molar-refractivity contribution in [3.05, 3.63) is 48.6 Å². The Hall–Kier alpha value is -1.12. The third-order valence-corrected chi connectivity index (χ3v) is 2.23. The van der Waals surface area contributed by atoms with E-state index >= 15 is 0 Å². The highest BCUT2D eigenvalue weighted by atomic mass is 16.6. The zero-order chi connectivity index (χ0) is 9.80. The van der Waals surface area contributed by atoms with Crippen LogP contribution in [-0.2, 0) is 9.47 Å². The first kappa shape index (κ1) is 9.44. The lowest BCUT2D eigenvalue weighted by molar-refractivity contribution is 0.141. The van der Waals surface area contributed by atoms with E-state index in [-0.39, 0.29) is 12.2 Å². The molecule has 1 aliphatic heterocycles. The molecule has 2 atom stereocenters. The van der Waals surface area contributed by atoms with Crippen molar-refractivity contribution in [2.75, 3.05) is 13.2 Å². The van der Waals surface area contributed by atoms with E-state index in [1.54, 1.807) is 6.08 Å². The van der Waals surface area contributed by atoms with Crippen molar-refractivity contribution in [2.24, 2.45) is 0 Å². The fraction of sp³-hybridized carbons (Fsp3) is 0.333. The number of hydrogen-bond acceptors (Lipinski definition) is 2. The van der Waals surface area contributed by atoms with Crippen molar-refractivity contribution in [3.63, 3.8) is 0 Å². The van der Waals surface area contributed by atoms with E-state index in [0.717, 1.165) is 0 Å². The molecule has 1 heterocycles. The van der Waals surface area contributed by atoms with Crippen molar-refractivity contribution in [1.29, 1.82) is 0 Å². The van der Waals surface area contributed by atoms with Crippen LogP contribution in [0.25, 0.3) is 0 Å². The summed E-state index contributed by atoms with van der Waals surface area (Å²) in [5, 5.41) is 0. The van der Waals surface area contributed by atoms with Gasteiger partial charge >= 0.3 is 0 Å². The summed E-state index contributed by atoms with van der Waals surface area (Å²) in [5.74, 6) is 0. The lowest BCUT2D eigenvalue weighted by atomic mass is 10.1. The van der Waals surface area contributed by atoms with Crippen LogP contribution >= 0.6 is 0 Å². The van der Waals surface area contributed by atoms with Crippen LogP contribution in [0, 0.1) is 0 Å². The molecule has 0 aromatic heterocycles. The maximum absolute atomic E-state index is 5.49. The largest absolute Gasteiger partial charge is 0.375 e. The van der Waals surface area contributed by atoms with Gasteiger partial charge in [-0.1, -0.05) is 36.4 Å². The predicted molar refractivity (Wildman–Crippen MR) is 55.1 cm³/mol. The zero-order valence-corrected chi connectivity index (χ0v) is 8.06. The molecule has 74 valence electrons. The highest BCUT2D eigenvalue weighted by Gasteiger charge is 2.39. The number of benzene rings is 1. The quantitative estimate of drug-likeness (QED) is 0.404. The minimum Gasteiger partial charge on any atom is -0.375 e. The molecular weight excluding hydrogens is 176 g/mol. The monoisotopic (exact) mass is 190 g/mol. The van der Waals surface area contributed by atoms with Gasteiger partial charge in [-0.15, -0.1) is 6.58 Å². The van der Waals surface area contributed by atoms with E-state index in [2.05, 4.69) is 18.7 Å². The standard InChI is InChI=1S/C12H14O2/c1-2-8-13-9-11-12(14-11)10-6-4-3-5-7-10/h2-7,11-12H,1,8-9H2. The Kier molecular flexibility index (Phi) is 2.96. The summed E-state index contributed by atoms with van der Waals surface area (Å²) >= 11 is 0. The molecule has 1 saturated heterocycles. The molecular formula is C12H14O2. The summed E-state index contributed by atoms with van der Waals surface area (Å²) in [6.07, 6.45) is 2.22. The summed E-state index contributed by atoms with van der Waals surface area (Å²) in [6.45, 7) is 4.85. The van der Waals surface area contributed by atoms with Crippen LogP contribution in [0.1, 0.15) is 11.7 Å². The minimum atomic E-state index is 0.234. The number of epoxide rings is 1. The average molecular weight is 190 g/mol. The lowest BCUT2D eigenvalue weighted by Crippen LogP contribution is -2.02. The minimum absolute atomic E-state index is 0.234. The van der Waals surface area contributed by atoms with E-state index in [1.807, 2.05) is 18.2 Å². The molecule has 2 rings (SSSR count). The van der Waals surface area contributed by atoms with Crippen LogP contribution in [0.3, 0.4) is 0 Å². The van der Waals surface area contributed by atoms with E-state index in [1.165, 1.54) is 5.56 Å². The number of rotatable bonds is 5. The Morgan fingerprint density at radius 2 is 2.14 bits per heavy atom. The van der Waals surface area contributed by atoms with E-state index in [9.17, 15) is 0 Å². The molecule has 0 aliphatic carbocycles. The summed E-state index contributed by atoms with van der Waals surface area (Å²) in [4.78, 5) is 0. The molecule has 2 unspecified atom stereocenters. The molecule has 0 bridgehead atoms. The number of hydrogen-bond donors (Lipinski definition) is 0. The van der Waals surface area contributed by atoms with Gasteiger partial charge in [-0.25, -0.2) is 0 Å². The van der Waals surface area contributed by atoms with Crippen LogP contribution in [0.2, 0.25) is 0 Å². The van der Waals surface area contributed by atoms with Gasteiger partial charge in [0, 0.05) is 0 Å². The van der Waals surface area contributed by atoms with Crippen LogP contribution in [0.15, 0.2) is 43.0 Å². The molecule has 14 heavy (non-hydrogen) atoms. The van der Waals surface area contributed by atoms with Gasteiger partial charge in [-0.05, 0) is 5.56 Å². The van der Waals surface area contributed by atoms with Gasteiger partial charge < -0.3 is 9.47 Å². The zero-order valence-electron chi connectivity index (χ0n) is 8.06. The SMILES string of the molecule is C=CCOCC1OC1c1ccccc1. The Bertz CT molecular complexity index is 294. The molecule has 1 aliphatic rings. The fourth-order valence-electron chi connectivity index (χ4n) is 1.47. The first-order valence-electron chi connectivity index (χ1n) is 4.81. The lowest BCUT2D eigenvalue weighted by Gasteiger charge is -1.96. The Labute approximate surface area is 84.2 Å². The van der Waals surface area contributed by atoms with Crippen molar-refractivity contribution in [2.45, 2.75) is 12.2 Å². The normalized spacial score (nSPS) is 24.6. The molecule has 1 fully saturated rings. The molecule has 0 radical (unpaired) electrons. The Morgan fingerprint density at radius 1 is 1.36 bits per heavy atom. The van der Waals surface area contributed by atoms with Crippen molar-refractivity contribution < 1.29 is 9.47 Å². The van der Waals surface area contributed by atoms with Crippen molar-refractivity contribution in [3.8, 4) is 0 Å². The van der Waals surface area contributed by atoms with Gasteiger partial charge in [0.1, 0.15) is 12.2 Å². The first-order chi connectivity index (χ1) is 6.92. The summed E-state index contributed by atoms with van der Waals surface area (Å²) in [7, 11) is 0. The topological polar surface area (TPSA) is 21.8 Å². The maximum atomic E-state index is 5.49. The van der Waals surface area contributed by atoms with Crippen LogP contribution in [-0.4, -0.2) is 19.3 Å². The molecule has 2 heteroatoms. The molecule has 0 N–H and O–H groups in total. The van der Waals surface area contributed by atoms with Crippen LogP contribution < -0.4 is 0 Å². The second kappa shape index (κ2) is 4.40. The molecule has 0 spiro atoms. The predicted octanol–water partition coefficient (Wildman–Crippen LogP) is 2.33. The van der Waals surface area contributed by atoms with Gasteiger partial charge in [0.25, 0.3) is 0 Å². The molecule has 1 aromatic rings. The second-order valence-corrected chi connectivity index (χ2v) is 3.33. The van der Waals surface area contributed by atoms with Gasteiger partial charge in [0.15, 0.2) is 0 Å². The van der Waals surface area contributed by atoms with Crippen LogP contribution in [0.4, 0.5) is 0 Å². The van der Waals surface area contributed by atoms with E-state index in [4.69, 9.17) is 9.47 Å². The number of ether oxygens (including phenoxy) is 2. The maximum Gasteiger partial charge on any atom is 0.112 e. The Balaban J connectivity index is 1.79. The second-order valence-electron chi connectivity index (χ2n) is 3.33. The molecule has 2 nitrogen and oxygen atoms in total. The third-order valence-electron chi connectivity index (χ3n) is 2.23. The molecule has 1 aromatic carbocycles. The van der Waals surface area contributed by atoms with Gasteiger partial charge in [0.05, 0.1) is 13.2 Å². The highest BCUT2D eigenvalue weighted by Crippen LogP contribution is 2.38. The fourth-order valence-corrected chi connectivity index (χ4v) is 1.47. The summed E-state index contributed by atoms with van der Waals surface area (Å²) < 4.78 is 10.8. The van der Waals surface area contributed by atoms with E-state index < -0.39 is 0 Å². The van der Waals surface area contributed by atoms with Crippen LogP contribution in [0.5, 0.6) is 0 Å². The van der Waals surface area contributed by atoms with Gasteiger partial charge in [-0.3, -0.25) is 0 Å². The molecule has 0 amide bonds. The van der Waals surface area contributed by atoms with Gasteiger partial charge in [-0.2, -0.15) is 0 Å². The van der Waals surface area contributed by atoms with Crippen molar-refractivity contribution >= 4 is 0 Å². The van der Waals surface area contributed by atoms with Gasteiger partial charge in [0.2, 0.25) is 0 Å². The average Bonchev–Trinajstić information content (AvgIpc) is 2.99.